The lowest BCUT2D eigenvalue weighted by Gasteiger charge is -2.32. The molecule has 0 aliphatic carbocycles. The van der Waals surface area contributed by atoms with E-state index in [1.807, 2.05) is 36.2 Å². The molecule has 1 atom stereocenters. The number of likely N-dealkylation sites (N-methyl/N-ethyl adjacent to an activating group) is 1. The third-order valence-electron chi connectivity index (χ3n) is 3.22. The average Bonchev–Trinajstić information content (AvgIpc) is 2.38. The zero-order chi connectivity index (χ0) is 12.3. The van der Waals surface area contributed by atoms with Crippen molar-refractivity contribution in [3.05, 3.63) is 34.3 Å². The molecule has 18 heavy (non-hydrogen) atoms. The number of rotatable bonds is 2. The van der Waals surface area contributed by atoms with E-state index >= 15 is 0 Å². The van der Waals surface area contributed by atoms with E-state index in [1.54, 1.807) is 0 Å². The number of carbonyl (C=O) groups excluding carboxylic acids is 1. The van der Waals surface area contributed by atoms with Gasteiger partial charge in [-0.05, 0) is 48.0 Å². The van der Waals surface area contributed by atoms with Crippen molar-refractivity contribution in [2.45, 2.75) is 18.9 Å². The van der Waals surface area contributed by atoms with Gasteiger partial charge >= 0.3 is 0 Å². The molecule has 0 spiro atoms. The molecule has 0 bridgehead atoms. The lowest BCUT2D eigenvalue weighted by Crippen LogP contribution is -2.47. The molecule has 0 radical (unpaired) electrons. The van der Waals surface area contributed by atoms with Crippen molar-refractivity contribution in [3.8, 4) is 0 Å². The summed E-state index contributed by atoms with van der Waals surface area (Å²) in [6.45, 7) is 1.66. The van der Waals surface area contributed by atoms with E-state index in [1.165, 1.54) is 0 Å². The summed E-state index contributed by atoms with van der Waals surface area (Å²) in [5, 5.41) is 3.25. The lowest BCUT2D eigenvalue weighted by atomic mass is 10.0. The highest BCUT2D eigenvalue weighted by Crippen LogP contribution is 2.20. The van der Waals surface area contributed by atoms with Crippen molar-refractivity contribution in [2.24, 2.45) is 0 Å². The Labute approximate surface area is 122 Å². The topological polar surface area (TPSA) is 32.3 Å². The predicted octanol–water partition coefficient (Wildman–Crippen LogP) is 2.69. The summed E-state index contributed by atoms with van der Waals surface area (Å²) in [5.74, 6) is 0.123. The van der Waals surface area contributed by atoms with Crippen LogP contribution in [0.5, 0.6) is 0 Å². The molecule has 1 aliphatic rings. The van der Waals surface area contributed by atoms with Gasteiger partial charge in [0, 0.05) is 23.6 Å². The summed E-state index contributed by atoms with van der Waals surface area (Å²) in [6.07, 6.45) is 2.22. The number of nitrogens with zero attached hydrogens (tertiary/aromatic N) is 1. The fourth-order valence-corrected chi connectivity index (χ4v) is 2.66. The summed E-state index contributed by atoms with van der Waals surface area (Å²) < 4.78 is 0.872. The first kappa shape index (κ1) is 15.5. The van der Waals surface area contributed by atoms with Crippen molar-refractivity contribution in [3.63, 3.8) is 0 Å². The van der Waals surface area contributed by atoms with Crippen LogP contribution in [-0.2, 0) is 0 Å². The van der Waals surface area contributed by atoms with Crippen LogP contribution in [0.25, 0.3) is 0 Å². The normalized spacial score (nSPS) is 19.2. The number of carbonyl (C=O) groups is 1. The van der Waals surface area contributed by atoms with E-state index in [-0.39, 0.29) is 18.3 Å². The number of hydrogen-bond donors (Lipinski definition) is 1. The summed E-state index contributed by atoms with van der Waals surface area (Å²) in [6, 6.07) is 8.03. The third kappa shape index (κ3) is 3.46. The second kappa shape index (κ2) is 7.12. The van der Waals surface area contributed by atoms with Gasteiger partial charge in [-0.2, -0.15) is 0 Å². The molecular weight excluding hydrogens is 316 g/mol. The summed E-state index contributed by atoms with van der Waals surface area (Å²) in [7, 11) is 1.96. The van der Waals surface area contributed by atoms with Gasteiger partial charge in [-0.1, -0.05) is 12.1 Å². The Morgan fingerprint density at radius 1 is 1.44 bits per heavy atom. The quantitative estimate of drug-likeness (QED) is 0.902. The Bertz CT molecular complexity index is 414. The van der Waals surface area contributed by atoms with Gasteiger partial charge in [0.05, 0.1) is 5.56 Å². The second-order valence-corrected chi connectivity index (χ2v) is 5.21. The predicted molar refractivity (Wildman–Crippen MR) is 79.4 cm³/mol. The molecule has 0 saturated carbocycles. The molecule has 1 unspecified atom stereocenters. The van der Waals surface area contributed by atoms with Gasteiger partial charge in [0.1, 0.15) is 0 Å². The van der Waals surface area contributed by atoms with Crippen molar-refractivity contribution < 1.29 is 4.79 Å². The second-order valence-electron chi connectivity index (χ2n) is 4.36. The van der Waals surface area contributed by atoms with E-state index in [0.717, 1.165) is 36.0 Å². The maximum absolute atomic E-state index is 12.4. The highest BCUT2D eigenvalue weighted by Gasteiger charge is 2.24. The van der Waals surface area contributed by atoms with E-state index in [4.69, 9.17) is 0 Å². The first-order chi connectivity index (χ1) is 8.22. The van der Waals surface area contributed by atoms with Crippen LogP contribution in [0.15, 0.2) is 28.7 Å². The third-order valence-corrected chi connectivity index (χ3v) is 3.91. The molecule has 1 fully saturated rings. The van der Waals surface area contributed by atoms with Crippen LogP contribution in [0.3, 0.4) is 0 Å². The Hall–Kier alpha value is -0.580. The molecule has 0 aromatic heterocycles. The van der Waals surface area contributed by atoms with E-state index in [9.17, 15) is 4.79 Å². The zero-order valence-electron chi connectivity index (χ0n) is 10.4. The van der Waals surface area contributed by atoms with Gasteiger partial charge in [-0.15, -0.1) is 12.4 Å². The van der Waals surface area contributed by atoms with Crippen LogP contribution in [0.2, 0.25) is 0 Å². The van der Waals surface area contributed by atoms with Crippen LogP contribution in [0.1, 0.15) is 23.2 Å². The molecule has 2 rings (SSSR count). The van der Waals surface area contributed by atoms with Crippen molar-refractivity contribution in [1.29, 1.82) is 0 Å². The molecule has 1 N–H and O–H groups in total. The molecule has 1 aromatic rings. The van der Waals surface area contributed by atoms with Gasteiger partial charge in [0.15, 0.2) is 0 Å². The van der Waals surface area contributed by atoms with Crippen LogP contribution in [-0.4, -0.2) is 37.0 Å². The molecule has 100 valence electrons. The maximum atomic E-state index is 12.4. The fraction of sp³-hybridized carbons (Fsp3) is 0.462. The summed E-state index contributed by atoms with van der Waals surface area (Å²) in [4.78, 5) is 14.3. The maximum Gasteiger partial charge on any atom is 0.255 e. The van der Waals surface area contributed by atoms with E-state index in [0.29, 0.717) is 6.04 Å². The Balaban J connectivity index is 0.00000162. The number of amides is 1. The molecule has 1 heterocycles. The SMILES string of the molecule is CNC1CCCN(C(=O)c2ccccc2Br)C1.Cl. The van der Waals surface area contributed by atoms with Gasteiger partial charge in [-0.25, -0.2) is 0 Å². The monoisotopic (exact) mass is 332 g/mol. The van der Waals surface area contributed by atoms with Gasteiger partial charge < -0.3 is 10.2 Å². The fourth-order valence-electron chi connectivity index (χ4n) is 2.20. The van der Waals surface area contributed by atoms with Crippen LogP contribution in [0, 0.1) is 0 Å². The minimum Gasteiger partial charge on any atom is -0.337 e. The number of benzene rings is 1. The highest BCUT2D eigenvalue weighted by molar-refractivity contribution is 9.10. The van der Waals surface area contributed by atoms with Crippen molar-refractivity contribution >= 4 is 34.2 Å². The standard InChI is InChI=1S/C13H17BrN2O.ClH/c1-15-10-5-4-8-16(9-10)13(17)11-6-2-3-7-12(11)14;/h2-3,6-7,10,15H,4-5,8-9H2,1H3;1H. The van der Waals surface area contributed by atoms with E-state index in [2.05, 4.69) is 21.2 Å². The molecule has 1 amide bonds. The number of nitrogens with one attached hydrogen (secondary N) is 1. The largest absolute Gasteiger partial charge is 0.337 e. The minimum atomic E-state index is 0. The molecule has 1 aromatic carbocycles. The number of piperidine rings is 1. The summed E-state index contributed by atoms with van der Waals surface area (Å²) >= 11 is 3.43. The Kier molecular flexibility index (Phi) is 6.12. The highest BCUT2D eigenvalue weighted by atomic mass is 79.9. The van der Waals surface area contributed by atoms with Crippen LogP contribution in [0.4, 0.5) is 0 Å². The Morgan fingerprint density at radius 3 is 2.83 bits per heavy atom. The van der Waals surface area contributed by atoms with Crippen LogP contribution >= 0.6 is 28.3 Å². The molecule has 1 aliphatic heterocycles. The molecule has 5 heteroatoms. The number of hydrogen-bond acceptors (Lipinski definition) is 2. The summed E-state index contributed by atoms with van der Waals surface area (Å²) in [5.41, 5.74) is 0.754. The average molecular weight is 334 g/mol. The smallest absolute Gasteiger partial charge is 0.255 e. The minimum absolute atomic E-state index is 0. The zero-order valence-corrected chi connectivity index (χ0v) is 12.8. The Morgan fingerprint density at radius 2 is 2.17 bits per heavy atom. The first-order valence-electron chi connectivity index (χ1n) is 5.93. The molecule has 3 nitrogen and oxygen atoms in total. The van der Waals surface area contributed by atoms with E-state index < -0.39 is 0 Å². The van der Waals surface area contributed by atoms with Crippen molar-refractivity contribution in [2.75, 3.05) is 20.1 Å². The molecular formula is C13H18BrClN2O. The number of halogens is 2. The number of likely N-dealkylation sites (tertiary alicyclic amines) is 1. The molecule has 1 saturated heterocycles. The van der Waals surface area contributed by atoms with Crippen LogP contribution < -0.4 is 5.32 Å². The van der Waals surface area contributed by atoms with Gasteiger partial charge in [0.25, 0.3) is 5.91 Å². The first-order valence-corrected chi connectivity index (χ1v) is 6.72. The van der Waals surface area contributed by atoms with Crippen molar-refractivity contribution in [1.82, 2.24) is 10.2 Å². The van der Waals surface area contributed by atoms with Gasteiger partial charge in [0.2, 0.25) is 0 Å². The van der Waals surface area contributed by atoms with Gasteiger partial charge in [-0.3, -0.25) is 4.79 Å². The lowest BCUT2D eigenvalue weighted by molar-refractivity contribution is 0.0697.